The molecular formula is C15H19FN6O4S. The Bertz CT molecular complexity index is 969. The number of amidine groups is 1. The third-order valence-corrected chi connectivity index (χ3v) is 5.46. The Balaban J connectivity index is 1.67. The molecule has 3 rings (SSSR count). The molecule has 0 saturated carbocycles. The lowest BCUT2D eigenvalue weighted by Gasteiger charge is -2.31. The van der Waals surface area contributed by atoms with Crippen LogP contribution in [-0.4, -0.2) is 51.2 Å². The Kier molecular flexibility index (Phi) is 5.56. The second-order valence-corrected chi connectivity index (χ2v) is 8.48. The lowest BCUT2D eigenvalue weighted by Crippen LogP contribution is -2.37. The number of hydrogen-bond donors (Lipinski definition) is 3. The summed E-state index contributed by atoms with van der Waals surface area (Å²) in [6, 6.07) is 4.34. The molecule has 0 aliphatic heterocycles. The van der Waals surface area contributed by atoms with Gasteiger partial charge in [0.15, 0.2) is 11.5 Å². The average Bonchev–Trinajstić information content (AvgIpc) is 3.06. The zero-order valence-corrected chi connectivity index (χ0v) is 15.5. The van der Waals surface area contributed by atoms with Gasteiger partial charge in [-0.2, -0.15) is 0 Å². The van der Waals surface area contributed by atoms with Crippen molar-refractivity contribution in [3.63, 3.8) is 0 Å². The van der Waals surface area contributed by atoms with Gasteiger partial charge in [0.05, 0.1) is 28.6 Å². The first-order valence-corrected chi connectivity index (χ1v) is 10.1. The molecule has 146 valence electrons. The maximum atomic E-state index is 13.4. The first kappa shape index (κ1) is 19.0. The van der Waals surface area contributed by atoms with Crippen LogP contribution in [-0.2, 0) is 21.0 Å². The number of hydrogen-bond acceptors (Lipinski definition) is 9. The van der Waals surface area contributed by atoms with E-state index in [2.05, 4.69) is 35.5 Å². The molecule has 1 aliphatic rings. The standard InChI is InChI=1S/C15H19FN6O4S/c1-25-22-27(2,24)6-5-17-14-13(20-26-21-14)15(19-23)18-12-7-9-3-4-10(16)8-11(9)12/h3-4,8,12,23H,5-7H2,1-2H3,(H,17,21)(H,18,19). The summed E-state index contributed by atoms with van der Waals surface area (Å²) in [6.45, 7) is 0.250. The summed E-state index contributed by atoms with van der Waals surface area (Å²) in [5, 5.41) is 25.9. The van der Waals surface area contributed by atoms with Gasteiger partial charge in [0.2, 0.25) is 5.82 Å². The van der Waals surface area contributed by atoms with Gasteiger partial charge in [0.1, 0.15) is 5.82 Å². The van der Waals surface area contributed by atoms with Crippen molar-refractivity contribution >= 4 is 21.4 Å². The largest absolute Gasteiger partial charge is 0.409 e. The minimum absolute atomic E-state index is 0.0254. The first-order valence-electron chi connectivity index (χ1n) is 7.99. The van der Waals surface area contributed by atoms with Crippen molar-refractivity contribution < 1.29 is 23.3 Å². The number of fused-ring (bicyclic) bond motifs is 1. The van der Waals surface area contributed by atoms with E-state index < -0.39 is 9.73 Å². The van der Waals surface area contributed by atoms with E-state index in [1.54, 1.807) is 6.07 Å². The fourth-order valence-corrected chi connectivity index (χ4v) is 3.60. The van der Waals surface area contributed by atoms with Gasteiger partial charge in [-0.15, -0.1) is 0 Å². The van der Waals surface area contributed by atoms with Crippen LogP contribution < -0.4 is 10.6 Å². The Hall–Kier alpha value is -2.73. The van der Waals surface area contributed by atoms with Crippen LogP contribution in [0.15, 0.2) is 32.5 Å². The number of benzene rings is 1. The van der Waals surface area contributed by atoms with Crippen LogP contribution >= 0.6 is 0 Å². The summed E-state index contributed by atoms with van der Waals surface area (Å²) in [5.41, 5.74) is 1.95. The monoisotopic (exact) mass is 398 g/mol. The Labute approximate surface area is 154 Å². The van der Waals surface area contributed by atoms with Crippen LogP contribution in [0.3, 0.4) is 0 Å². The lowest BCUT2D eigenvalue weighted by molar-refractivity contribution is 0.218. The third-order valence-electron chi connectivity index (χ3n) is 4.04. The van der Waals surface area contributed by atoms with Crippen LogP contribution in [0.5, 0.6) is 0 Å². The highest BCUT2D eigenvalue weighted by molar-refractivity contribution is 7.92. The van der Waals surface area contributed by atoms with Gasteiger partial charge in [-0.05, 0) is 40.0 Å². The van der Waals surface area contributed by atoms with Crippen molar-refractivity contribution in [3.8, 4) is 0 Å². The zero-order valence-electron chi connectivity index (χ0n) is 14.7. The number of aromatic nitrogens is 2. The maximum absolute atomic E-state index is 13.4. The van der Waals surface area contributed by atoms with Gasteiger partial charge in [0, 0.05) is 12.8 Å². The highest BCUT2D eigenvalue weighted by Crippen LogP contribution is 2.33. The van der Waals surface area contributed by atoms with Gasteiger partial charge in [-0.1, -0.05) is 15.7 Å². The summed E-state index contributed by atoms with van der Waals surface area (Å²) >= 11 is 0. The molecule has 1 aliphatic carbocycles. The third kappa shape index (κ3) is 4.34. The highest BCUT2D eigenvalue weighted by atomic mass is 32.2. The quantitative estimate of drug-likeness (QED) is 0.275. The summed E-state index contributed by atoms with van der Waals surface area (Å²) in [5.74, 6) is 0.0959. The van der Waals surface area contributed by atoms with E-state index in [0.717, 1.165) is 11.1 Å². The number of nitrogens with one attached hydrogen (secondary N) is 2. The van der Waals surface area contributed by atoms with Gasteiger partial charge < -0.3 is 15.8 Å². The van der Waals surface area contributed by atoms with E-state index in [1.807, 2.05) is 0 Å². The predicted molar refractivity (Wildman–Crippen MR) is 95.5 cm³/mol. The molecule has 10 nitrogen and oxygen atoms in total. The van der Waals surface area contributed by atoms with Crippen molar-refractivity contribution in [1.29, 1.82) is 0 Å². The molecule has 0 saturated heterocycles. The normalized spacial score (nSPS) is 18.2. The van der Waals surface area contributed by atoms with Gasteiger partial charge in [-0.3, -0.25) is 0 Å². The second kappa shape index (κ2) is 7.88. The molecule has 12 heteroatoms. The minimum atomic E-state index is -2.49. The molecule has 0 bridgehead atoms. The van der Waals surface area contributed by atoms with E-state index in [9.17, 15) is 13.8 Å². The van der Waals surface area contributed by atoms with Crippen LogP contribution in [0.4, 0.5) is 10.2 Å². The van der Waals surface area contributed by atoms with E-state index in [0.29, 0.717) is 6.42 Å². The van der Waals surface area contributed by atoms with Crippen LogP contribution in [0.1, 0.15) is 22.9 Å². The summed E-state index contributed by atoms with van der Waals surface area (Å²) in [7, 11) is -1.16. The molecular weight excluding hydrogens is 379 g/mol. The predicted octanol–water partition coefficient (Wildman–Crippen LogP) is 1.30. The number of halogens is 1. The maximum Gasteiger partial charge on any atom is 0.202 e. The molecule has 27 heavy (non-hydrogen) atoms. The Morgan fingerprint density at radius 1 is 1.52 bits per heavy atom. The molecule has 2 atom stereocenters. The molecule has 0 spiro atoms. The smallest absolute Gasteiger partial charge is 0.202 e. The fraction of sp³-hybridized carbons (Fsp3) is 0.400. The summed E-state index contributed by atoms with van der Waals surface area (Å²) < 4.78 is 33.7. The number of nitrogens with zero attached hydrogens (tertiary/aromatic N) is 4. The van der Waals surface area contributed by atoms with E-state index >= 15 is 0 Å². The Morgan fingerprint density at radius 2 is 2.33 bits per heavy atom. The van der Waals surface area contributed by atoms with Crippen LogP contribution in [0.2, 0.25) is 0 Å². The molecule has 0 fully saturated rings. The molecule has 1 aromatic heterocycles. The van der Waals surface area contributed by atoms with Gasteiger partial charge >= 0.3 is 0 Å². The summed E-state index contributed by atoms with van der Waals surface area (Å²) in [4.78, 5) is 4.56. The topological polar surface area (TPSA) is 134 Å². The van der Waals surface area contributed by atoms with Crippen molar-refractivity contribution in [2.75, 3.05) is 31.0 Å². The molecule has 3 N–H and O–H groups in total. The highest BCUT2D eigenvalue weighted by Gasteiger charge is 2.29. The molecule has 1 heterocycles. The van der Waals surface area contributed by atoms with Gasteiger partial charge in [0.25, 0.3) is 0 Å². The number of rotatable bonds is 7. The summed E-state index contributed by atoms with van der Waals surface area (Å²) in [6.07, 6.45) is 2.12. The molecule has 1 aromatic carbocycles. The lowest BCUT2D eigenvalue weighted by atomic mass is 9.83. The van der Waals surface area contributed by atoms with Crippen molar-refractivity contribution in [2.24, 2.45) is 9.68 Å². The SMILES string of the molecule is CON=S(C)(=O)CCNc1nonc1/C(=N/O)NC1Cc2ccc(F)cc21. The van der Waals surface area contributed by atoms with Gasteiger partial charge in [-0.25, -0.2) is 18.1 Å². The van der Waals surface area contributed by atoms with Crippen LogP contribution in [0.25, 0.3) is 0 Å². The first-order chi connectivity index (χ1) is 12.9. The molecule has 2 aromatic rings. The van der Waals surface area contributed by atoms with E-state index in [-0.39, 0.29) is 41.5 Å². The van der Waals surface area contributed by atoms with E-state index in [4.69, 9.17) is 4.63 Å². The van der Waals surface area contributed by atoms with E-state index in [1.165, 1.54) is 25.5 Å². The molecule has 2 unspecified atom stereocenters. The zero-order chi connectivity index (χ0) is 19.4. The van der Waals surface area contributed by atoms with Crippen molar-refractivity contribution in [3.05, 3.63) is 40.8 Å². The minimum Gasteiger partial charge on any atom is -0.409 e. The van der Waals surface area contributed by atoms with Crippen molar-refractivity contribution in [2.45, 2.75) is 12.5 Å². The average molecular weight is 398 g/mol. The van der Waals surface area contributed by atoms with Crippen molar-refractivity contribution in [1.82, 2.24) is 15.6 Å². The van der Waals surface area contributed by atoms with Crippen LogP contribution in [0, 0.1) is 5.82 Å². The molecule has 0 radical (unpaired) electrons. The fourth-order valence-electron chi connectivity index (χ4n) is 2.73. The number of anilines is 1. The second-order valence-electron chi connectivity index (χ2n) is 6.00. The molecule has 0 amide bonds. The number of oxime groups is 1. The Morgan fingerprint density at radius 3 is 3.07 bits per heavy atom.